The first kappa shape index (κ1) is 14.0. The molecule has 1 aromatic rings. The zero-order chi connectivity index (χ0) is 13.7. The highest BCUT2D eigenvalue weighted by molar-refractivity contribution is 5.76. The number of aryl methyl sites for hydroxylation is 1. The maximum atomic E-state index is 12.7. The zero-order valence-electron chi connectivity index (χ0n) is 11.1. The van der Waals surface area contributed by atoms with Gasteiger partial charge in [-0.1, -0.05) is 12.1 Å². The second-order valence-corrected chi connectivity index (χ2v) is 5.32. The van der Waals surface area contributed by atoms with Gasteiger partial charge in [-0.25, -0.2) is 4.39 Å². The standard InChI is InChI=1S/C15H21FN2O/c16-12-6-4-11(5-7-12)2-1-3-15(19)18-14-9-8-13(17)10-14/h4-7,13-14H,1-3,8-10,17H2,(H,18,19). The SMILES string of the molecule is NC1CCC(NC(=O)CCCc2ccc(F)cc2)C1. The third-order valence-corrected chi connectivity index (χ3v) is 3.62. The molecule has 1 fully saturated rings. The normalized spacial score (nSPS) is 22.4. The number of carbonyl (C=O) groups is 1. The van der Waals surface area contributed by atoms with Crippen molar-refractivity contribution in [2.45, 2.75) is 50.6 Å². The monoisotopic (exact) mass is 264 g/mol. The van der Waals surface area contributed by atoms with Crippen LogP contribution in [0.25, 0.3) is 0 Å². The minimum absolute atomic E-state index is 0.0983. The fourth-order valence-corrected chi connectivity index (χ4v) is 2.55. The fourth-order valence-electron chi connectivity index (χ4n) is 2.55. The lowest BCUT2D eigenvalue weighted by Crippen LogP contribution is -2.33. The van der Waals surface area contributed by atoms with Crippen LogP contribution in [0.2, 0.25) is 0 Å². The van der Waals surface area contributed by atoms with Gasteiger partial charge in [-0.3, -0.25) is 4.79 Å². The number of halogens is 1. The van der Waals surface area contributed by atoms with Crippen LogP contribution < -0.4 is 11.1 Å². The van der Waals surface area contributed by atoms with Crippen LogP contribution in [0.15, 0.2) is 24.3 Å². The summed E-state index contributed by atoms with van der Waals surface area (Å²) in [6.07, 6.45) is 4.99. The van der Waals surface area contributed by atoms with E-state index in [4.69, 9.17) is 5.73 Å². The Balaban J connectivity index is 1.65. The molecule has 1 aliphatic rings. The molecule has 2 unspecified atom stereocenters. The highest BCUT2D eigenvalue weighted by Gasteiger charge is 2.22. The van der Waals surface area contributed by atoms with Gasteiger partial charge in [-0.05, 0) is 49.8 Å². The van der Waals surface area contributed by atoms with E-state index in [0.717, 1.165) is 37.7 Å². The fraction of sp³-hybridized carbons (Fsp3) is 0.533. The van der Waals surface area contributed by atoms with Crippen LogP contribution >= 0.6 is 0 Å². The lowest BCUT2D eigenvalue weighted by molar-refractivity contribution is -0.121. The summed E-state index contributed by atoms with van der Waals surface area (Å²) in [5, 5.41) is 3.03. The predicted molar refractivity (Wildman–Crippen MR) is 73.1 cm³/mol. The molecule has 0 bridgehead atoms. The van der Waals surface area contributed by atoms with Gasteiger partial charge in [0.1, 0.15) is 5.82 Å². The number of rotatable bonds is 5. The van der Waals surface area contributed by atoms with E-state index in [1.54, 1.807) is 12.1 Å². The van der Waals surface area contributed by atoms with Crippen molar-refractivity contribution in [2.24, 2.45) is 5.73 Å². The molecule has 2 rings (SSSR count). The molecule has 0 saturated heterocycles. The molecule has 0 heterocycles. The van der Waals surface area contributed by atoms with Crippen molar-refractivity contribution >= 4 is 5.91 Å². The molecule has 4 heteroatoms. The van der Waals surface area contributed by atoms with Crippen molar-refractivity contribution in [3.63, 3.8) is 0 Å². The molecule has 1 amide bonds. The molecule has 0 aromatic heterocycles. The maximum Gasteiger partial charge on any atom is 0.220 e. The third kappa shape index (κ3) is 4.63. The molecule has 3 nitrogen and oxygen atoms in total. The number of hydrogen-bond donors (Lipinski definition) is 2. The van der Waals surface area contributed by atoms with E-state index >= 15 is 0 Å². The first-order valence-corrected chi connectivity index (χ1v) is 6.93. The van der Waals surface area contributed by atoms with Gasteiger partial charge in [0.25, 0.3) is 0 Å². The van der Waals surface area contributed by atoms with Crippen molar-refractivity contribution < 1.29 is 9.18 Å². The molecule has 1 saturated carbocycles. The highest BCUT2D eigenvalue weighted by atomic mass is 19.1. The first-order chi connectivity index (χ1) is 9.13. The average Bonchev–Trinajstić information content (AvgIpc) is 2.77. The molecule has 19 heavy (non-hydrogen) atoms. The summed E-state index contributed by atoms with van der Waals surface area (Å²) in [5.74, 6) is -0.125. The quantitative estimate of drug-likeness (QED) is 0.856. The summed E-state index contributed by atoms with van der Waals surface area (Å²) >= 11 is 0. The van der Waals surface area contributed by atoms with Gasteiger partial charge in [-0.15, -0.1) is 0 Å². The lowest BCUT2D eigenvalue weighted by Gasteiger charge is -2.12. The summed E-state index contributed by atoms with van der Waals surface area (Å²) < 4.78 is 12.7. The summed E-state index contributed by atoms with van der Waals surface area (Å²) in [5.41, 5.74) is 6.87. The Morgan fingerprint density at radius 1 is 1.32 bits per heavy atom. The van der Waals surface area contributed by atoms with Gasteiger partial charge in [0, 0.05) is 18.5 Å². The van der Waals surface area contributed by atoms with E-state index < -0.39 is 0 Å². The molecule has 0 spiro atoms. The number of nitrogens with two attached hydrogens (primary N) is 1. The molecule has 1 aliphatic carbocycles. The van der Waals surface area contributed by atoms with Gasteiger partial charge in [-0.2, -0.15) is 0 Å². The van der Waals surface area contributed by atoms with Gasteiger partial charge >= 0.3 is 0 Å². The Labute approximate surface area is 113 Å². The molecular weight excluding hydrogens is 243 g/mol. The minimum atomic E-state index is -0.223. The van der Waals surface area contributed by atoms with Crippen LogP contribution in [0, 0.1) is 5.82 Å². The molecular formula is C15H21FN2O. The van der Waals surface area contributed by atoms with Crippen LogP contribution in [0.3, 0.4) is 0 Å². The summed E-state index contributed by atoms with van der Waals surface area (Å²) in [6.45, 7) is 0. The Bertz CT molecular complexity index is 419. The van der Waals surface area contributed by atoms with Crippen LogP contribution in [0.4, 0.5) is 4.39 Å². The Hall–Kier alpha value is -1.42. The van der Waals surface area contributed by atoms with E-state index in [9.17, 15) is 9.18 Å². The molecule has 3 N–H and O–H groups in total. The Morgan fingerprint density at radius 3 is 2.68 bits per heavy atom. The van der Waals surface area contributed by atoms with E-state index in [0.29, 0.717) is 6.42 Å². The summed E-state index contributed by atoms with van der Waals surface area (Å²) in [7, 11) is 0. The molecule has 0 radical (unpaired) electrons. The van der Waals surface area contributed by atoms with Crippen molar-refractivity contribution in [3.05, 3.63) is 35.6 Å². The van der Waals surface area contributed by atoms with Crippen LogP contribution in [-0.2, 0) is 11.2 Å². The van der Waals surface area contributed by atoms with E-state index in [1.165, 1.54) is 12.1 Å². The Kier molecular flexibility index (Phi) is 4.91. The largest absolute Gasteiger partial charge is 0.353 e. The summed E-state index contributed by atoms with van der Waals surface area (Å²) in [6, 6.07) is 6.94. The lowest BCUT2D eigenvalue weighted by atomic mass is 10.1. The summed E-state index contributed by atoms with van der Waals surface area (Å²) in [4.78, 5) is 11.7. The Morgan fingerprint density at radius 2 is 2.05 bits per heavy atom. The molecule has 2 atom stereocenters. The second kappa shape index (κ2) is 6.66. The van der Waals surface area contributed by atoms with Gasteiger partial charge in [0.05, 0.1) is 0 Å². The predicted octanol–water partition coefficient (Wildman–Crippen LogP) is 2.14. The number of hydrogen-bond acceptors (Lipinski definition) is 2. The van der Waals surface area contributed by atoms with E-state index in [-0.39, 0.29) is 23.8 Å². The topological polar surface area (TPSA) is 55.1 Å². The average molecular weight is 264 g/mol. The second-order valence-electron chi connectivity index (χ2n) is 5.32. The van der Waals surface area contributed by atoms with Crippen molar-refractivity contribution in [1.82, 2.24) is 5.32 Å². The molecule has 0 aliphatic heterocycles. The minimum Gasteiger partial charge on any atom is -0.353 e. The number of nitrogens with one attached hydrogen (secondary N) is 1. The molecule has 1 aromatic carbocycles. The van der Waals surface area contributed by atoms with Crippen molar-refractivity contribution in [3.8, 4) is 0 Å². The van der Waals surface area contributed by atoms with Gasteiger partial charge in [0.2, 0.25) is 5.91 Å². The smallest absolute Gasteiger partial charge is 0.220 e. The third-order valence-electron chi connectivity index (χ3n) is 3.62. The van der Waals surface area contributed by atoms with E-state index in [2.05, 4.69) is 5.32 Å². The van der Waals surface area contributed by atoms with Crippen LogP contribution in [0.5, 0.6) is 0 Å². The zero-order valence-corrected chi connectivity index (χ0v) is 11.1. The number of carbonyl (C=O) groups excluding carboxylic acids is 1. The van der Waals surface area contributed by atoms with Crippen LogP contribution in [-0.4, -0.2) is 18.0 Å². The number of benzene rings is 1. The number of amides is 1. The van der Waals surface area contributed by atoms with Crippen molar-refractivity contribution in [2.75, 3.05) is 0 Å². The van der Waals surface area contributed by atoms with Crippen LogP contribution in [0.1, 0.15) is 37.7 Å². The first-order valence-electron chi connectivity index (χ1n) is 6.93. The molecule has 104 valence electrons. The van der Waals surface area contributed by atoms with Crippen molar-refractivity contribution in [1.29, 1.82) is 0 Å². The maximum absolute atomic E-state index is 12.7. The van der Waals surface area contributed by atoms with Gasteiger partial charge in [0.15, 0.2) is 0 Å². The highest BCUT2D eigenvalue weighted by Crippen LogP contribution is 2.17. The van der Waals surface area contributed by atoms with Gasteiger partial charge < -0.3 is 11.1 Å². The van der Waals surface area contributed by atoms with E-state index in [1.807, 2.05) is 0 Å².